The Balaban J connectivity index is 2.27. The van der Waals surface area contributed by atoms with Gasteiger partial charge < -0.3 is 9.08 Å². The molecule has 0 spiro atoms. The van der Waals surface area contributed by atoms with E-state index < -0.39 is 5.92 Å². The zero-order chi connectivity index (χ0) is 8.48. The fraction of sp³-hybridized carbons (Fsp3) is 0.800. The molecule has 1 N–H and O–H groups in total. The van der Waals surface area contributed by atoms with E-state index in [2.05, 4.69) is 4.18 Å². The summed E-state index contributed by atoms with van der Waals surface area (Å²) in [6, 6.07) is 0. The van der Waals surface area contributed by atoms with E-state index in [1.165, 1.54) is 12.0 Å². The van der Waals surface area contributed by atoms with E-state index in [1.807, 2.05) is 0 Å². The molecule has 0 bridgehead atoms. The van der Waals surface area contributed by atoms with Crippen molar-refractivity contribution in [2.75, 3.05) is 20.2 Å². The summed E-state index contributed by atoms with van der Waals surface area (Å²) in [5.41, 5.74) is 0. The molecule has 1 fully saturated rings. The van der Waals surface area contributed by atoms with Crippen LogP contribution in [0.5, 0.6) is 0 Å². The van der Waals surface area contributed by atoms with Crippen molar-refractivity contribution < 1.29 is 13.0 Å². The van der Waals surface area contributed by atoms with Gasteiger partial charge in [0.05, 0.1) is 32.2 Å². The van der Waals surface area contributed by atoms with Crippen LogP contribution in [0.2, 0.25) is 0 Å². The van der Waals surface area contributed by atoms with Gasteiger partial charge in [0.25, 0.3) is 5.92 Å². The summed E-state index contributed by atoms with van der Waals surface area (Å²) < 4.78 is 28.9. The number of amidine groups is 1. The molecule has 0 unspecified atom stereocenters. The fourth-order valence-corrected chi connectivity index (χ4v) is 1.18. The highest BCUT2D eigenvalue weighted by atomic mass is 32.2. The number of nitrogens with one attached hydrogen (secondary N) is 1. The molecular formula is C5H8F2N2OS. The summed E-state index contributed by atoms with van der Waals surface area (Å²) in [5, 5.41) is 7.19. The summed E-state index contributed by atoms with van der Waals surface area (Å²) in [4.78, 5) is 1.26. The molecule has 0 atom stereocenters. The van der Waals surface area contributed by atoms with E-state index in [0.717, 1.165) is 12.0 Å². The average Bonchev–Trinajstić information content (AvgIpc) is 1.83. The van der Waals surface area contributed by atoms with Crippen molar-refractivity contribution in [3.8, 4) is 0 Å². The van der Waals surface area contributed by atoms with Gasteiger partial charge in [-0.25, -0.2) is 8.78 Å². The van der Waals surface area contributed by atoms with Crippen molar-refractivity contribution in [2.24, 2.45) is 0 Å². The number of hydrogen-bond donors (Lipinski definition) is 1. The molecule has 0 saturated carbocycles. The van der Waals surface area contributed by atoms with Crippen LogP contribution in [0.25, 0.3) is 0 Å². The van der Waals surface area contributed by atoms with Gasteiger partial charge in [-0.15, -0.1) is 0 Å². The van der Waals surface area contributed by atoms with E-state index in [-0.39, 0.29) is 18.3 Å². The second-order valence-electron chi connectivity index (χ2n) is 2.27. The Morgan fingerprint density at radius 2 is 2.18 bits per heavy atom. The van der Waals surface area contributed by atoms with Crippen LogP contribution in [-0.2, 0) is 4.18 Å². The molecule has 64 valence electrons. The Bertz CT molecular complexity index is 168. The Morgan fingerprint density at radius 1 is 1.64 bits per heavy atom. The van der Waals surface area contributed by atoms with E-state index in [4.69, 9.17) is 5.41 Å². The Kier molecular flexibility index (Phi) is 2.34. The summed E-state index contributed by atoms with van der Waals surface area (Å²) in [6.07, 6.45) is 0. The molecule has 1 saturated heterocycles. The van der Waals surface area contributed by atoms with Crippen molar-refractivity contribution in [1.29, 1.82) is 5.41 Å². The molecule has 0 aliphatic carbocycles. The average molecular weight is 182 g/mol. The first-order chi connectivity index (χ1) is 5.05. The number of likely N-dealkylation sites (tertiary alicyclic amines) is 1. The third kappa shape index (κ3) is 2.03. The van der Waals surface area contributed by atoms with E-state index in [1.54, 1.807) is 0 Å². The summed E-state index contributed by atoms with van der Waals surface area (Å²) in [5.74, 6) is -2.61. The first-order valence-electron chi connectivity index (χ1n) is 2.97. The number of nitrogens with zero attached hydrogens (tertiary/aromatic N) is 1. The molecule has 11 heavy (non-hydrogen) atoms. The van der Waals surface area contributed by atoms with Gasteiger partial charge in [-0.3, -0.25) is 5.41 Å². The predicted molar refractivity (Wildman–Crippen MR) is 38.8 cm³/mol. The topological polar surface area (TPSA) is 36.3 Å². The molecule has 3 nitrogen and oxygen atoms in total. The molecule has 1 rings (SSSR count). The minimum absolute atomic E-state index is 0.0402. The van der Waals surface area contributed by atoms with Crippen molar-refractivity contribution >= 4 is 17.2 Å². The van der Waals surface area contributed by atoms with Gasteiger partial charge in [0, 0.05) is 0 Å². The lowest BCUT2D eigenvalue weighted by Crippen LogP contribution is -2.57. The quantitative estimate of drug-likeness (QED) is 0.375. The van der Waals surface area contributed by atoms with Crippen LogP contribution in [0.4, 0.5) is 8.78 Å². The molecule has 0 radical (unpaired) electrons. The van der Waals surface area contributed by atoms with Gasteiger partial charge in [-0.1, -0.05) is 0 Å². The van der Waals surface area contributed by atoms with Crippen LogP contribution in [0.1, 0.15) is 0 Å². The SMILES string of the molecule is COSC(=N)N1CC(F)(F)C1. The molecule has 0 amide bonds. The van der Waals surface area contributed by atoms with Crippen LogP contribution < -0.4 is 0 Å². The van der Waals surface area contributed by atoms with Crippen molar-refractivity contribution in [1.82, 2.24) is 4.90 Å². The largest absolute Gasteiger partial charge is 0.338 e. The van der Waals surface area contributed by atoms with Crippen LogP contribution in [0, 0.1) is 5.41 Å². The number of rotatable bonds is 1. The molecule has 1 aliphatic rings. The lowest BCUT2D eigenvalue weighted by molar-refractivity contribution is -0.1000. The van der Waals surface area contributed by atoms with Gasteiger partial charge in [0.2, 0.25) is 0 Å². The maximum absolute atomic E-state index is 12.2. The Hall–Kier alpha value is -0.360. The van der Waals surface area contributed by atoms with Gasteiger partial charge in [0.1, 0.15) is 0 Å². The van der Waals surface area contributed by atoms with E-state index in [0.29, 0.717) is 0 Å². The van der Waals surface area contributed by atoms with Crippen molar-refractivity contribution in [2.45, 2.75) is 5.92 Å². The second kappa shape index (κ2) is 2.94. The fourth-order valence-electron chi connectivity index (χ4n) is 0.787. The van der Waals surface area contributed by atoms with E-state index >= 15 is 0 Å². The zero-order valence-corrected chi connectivity index (χ0v) is 6.75. The van der Waals surface area contributed by atoms with Crippen LogP contribution in [-0.4, -0.2) is 36.2 Å². The van der Waals surface area contributed by atoms with Crippen LogP contribution >= 0.6 is 12.0 Å². The molecule has 0 aromatic rings. The standard InChI is InChI=1S/C5H8F2N2OS/c1-10-11-4(8)9-2-5(6,7)3-9/h8H,2-3H2,1H3. The normalized spacial score (nSPS) is 21.2. The highest BCUT2D eigenvalue weighted by Crippen LogP contribution is 2.28. The maximum Gasteiger partial charge on any atom is 0.282 e. The van der Waals surface area contributed by atoms with Gasteiger partial charge in [0.15, 0.2) is 5.17 Å². The lowest BCUT2D eigenvalue weighted by atomic mass is 10.2. The molecule has 1 aliphatic heterocycles. The summed E-state index contributed by atoms with van der Waals surface area (Å²) in [7, 11) is 1.40. The Labute approximate surface area is 67.4 Å². The summed E-state index contributed by atoms with van der Waals surface area (Å²) in [6.45, 7) is -0.718. The molecular weight excluding hydrogens is 174 g/mol. The van der Waals surface area contributed by atoms with Gasteiger partial charge in [-0.05, 0) is 0 Å². The highest BCUT2D eigenvalue weighted by molar-refractivity contribution is 8.09. The number of alkyl halides is 2. The summed E-state index contributed by atoms with van der Waals surface area (Å²) >= 11 is 0.792. The first kappa shape index (κ1) is 8.73. The van der Waals surface area contributed by atoms with E-state index in [9.17, 15) is 8.78 Å². The second-order valence-corrected chi connectivity index (χ2v) is 3.15. The van der Waals surface area contributed by atoms with Gasteiger partial charge in [-0.2, -0.15) is 0 Å². The molecule has 0 aromatic heterocycles. The molecule has 0 aromatic carbocycles. The van der Waals surface area contributed by atoms with Crippen molar-refractivity contribution in [3.05, 3.63) is 0 Å². The van der Waals surface area contributed by atoms with Crippen LogP contribution in [0.15, 0.2) is 0 Å². The van der Waals surface area contributed by atoms with Crippen molar-refractivity contribution in [3.63, 3.8) is 0 Å². The van der Waals surface area contributed by atoms with Crippen LogP contribution in [0.3, 0.4) is 0 Å². The minimum atomic E-state index is -2.61. The monoisotopic (exact) mass is 182 g/mol. The minimum Gasteiger partial charge on any atom is -0.338 e. The number of hydrogen-bond acceptors (Lipinski definition) is 3. The third-order valence-electron chi connectivity index (χ3n) is 1.29. The smallest absolute Gasteiger partial charge is 0.282 e. The predicted octanol–water partition coefficient (Wildman–Crippen LogP) is 1.17. The lowest BCUT2D eigenvalue weighted by Gasteiger charge is -2.39. The molecule has 6 heteroatoms. The first-order valence-corrected chi connectivity index (χ1v) is 3.71. The van der Waals surface area contributed by atoms with Gasteiger partial charge >= 0.3 is 0 Å². The maximum atomic E-state index is 12.2. The number of halogens is 2. The third-order valence-corrected chi connectivity index (χ3v) is 1.88. The zero-order valence-electron chi connectivity index (χ0n) is 5.93. The molecule has 1 heterocycles. The highest BCUT2D eigenvalue weighted by Gasteiger charge is 2.45. The Morgan fingerprint density at radius 3 is 2.55 bits per heavy atom.